The smallest absolute Gasteiger partial charge is 0.251 e. The minimum absolute atomic E-state index is 0.115. The van der Waals surface area contributed by atoms with E-state index in [0.717, 1.165) is 45.4 Å². The van der Waals surface area contributed by atoms with Crippen LogP contribution in [0, 0.1) is 5.92 Å². The lowest BCUT2D eigenvalue weighted by molar-refractivity contribution is -0.146. The largest absolute Gasteiger partial charge is 0.376 e. The normalized spacial score (nSPS) is 28.6. The average molecular weight is 284 g/mol. The van der Waals surface area contributed by atoms with Crippen LogP contribution in [0.25, 0.3) is 0 Å². The number of likely N-dealkylation sites (tertiary alicyclic amines) is 1. The summed E-state index contributed by atoms with van der Waals surface area (Å²) in [6, 6.07) is 0. The summed E-state index contributed by atoms with van der Waals surface area (Å²) in [6.45, 7) is 5.61. The van der Waals surface area contributed by atoms with Crippen LogP contribution in [0.3, 0.4) is 0 Å². The number of carbonyl (C=O) groups is 1. The second kappa shape index (κ2) is 7.96. The summed E-state index contributed by atoms with van der Waals surface area (Å²) in [7, 11) is 0. The molecule has 0 aromatic heterocycles. The van der Waals surface area contributed by atoms with Gasteiger partial charge in [0.1, 0.15) is 6.10 Å². The molecule has 0 spiro atoms. The fourth-order valence-electron chi connectivity index (χ4n) is 3.09. The Morgan fingerprint density at radius 3 is 3.00 bits per heavy atom. The number of hydrogen-bond donors (Lipinski definition) is 1. The van der Waals surface area contributed by atoms with Gasteiger partial charge in [-0.2, -0.15) is 0 Å². The van der Waals surface area contributed by atoms with Crippen LogP contribution in [0.5, 0.6) is 0 Å². The molecule has 20 heavy (non-hydrogen) atoms. The van der Waals surface area contributed by atoms with Gasteiger partial charge in [0.15, 0.2) is 0 Å². The minimum Gasteiger partial charge on any atom is -0.376 e. The topological polar surface area (TPSA) is 64.8 Å². The lowest BCUT2D eigenvalue weighted by atomic mass is 9.94. The summed E-state index contributed by atoms with van der Waals surface area (Å²) < 4.78 is 11.2. The monoisotopic (exact) mass is 284 g/mol. The van der Waals surface area contributed by atoms with E-state index in [9.17, 15) is 4.79 Å². The van der Waals surface area contributed by atoms with E-state index in [-0.39, 0.29) is 18.1 Å². The van der Waals surface area contributed by atoms with Gasteiger partial charge in [0.25, 0.3) is 5.91 Å². The maximum absolute atomic E-state index is 12.4. The van der Waals surface area contributed by atoms with Crippen molar-refractivity contribution in [3.05, 3.63) is 0 Å². The van der Waals surface area contributed by atoms with Crippen LogP contribution in [0.2, 0.25) is 0 Å². The quantitative estimate of drug-likeness (QED) is 0.795. The van der Waals surface area contributed by atoms with Crippen LogP contribution >= 0.6 is 0 Å². The molecule has 3 atom stereocenters. The molecule has 2 fully saturated rings. The first-order chi connectivity index (χ1) is 9.70. The van der Waals surface area contributed by atoms with Crippen molar-refractivity contribution >= 4 is 5.91 Å². The van der Waals surface area contributed by atoms with Gasteiger partial charge in [0, 0.05) is 19.7 Å². The van der Waals surface area contributed by atoms with E-state index in [2.05, 4.69) is 0 Å². The molecular formula is C15H28N2O3. The highest BCUT2D eigenvalue weighted by Crippen LogP contribution is 2.20. The Bertz CT molecular complexity index is 303. The predicted molar refractivity (Wildman–Crippen MR) is 77.4 cm³/mol. The Hall–Kier alpha value is -0.650. The van der Waals surface area contributed by atoms with Gasteiger partial charge in [-0.15, -0.1) is 0 Å². The first-order valence-corrected chi connectivity index (χ1v) is 7.92. The highest BCUT2D eigenvalue weighted by Gasteiger charge is 2.27. The number of ether oxygens (including phenoxy) is 2. The first kappa shape index (κ1) is 15.7. The fourth-order valence-corrected chi connectivity index (χ4v) is 3.09. The van der Waals surface area contributed by atoms with Gasteiger partial charge in [0.2, 0.25) is 0 Å². The van der Waals surface area contributed by atoms with Gasteiger partial charge in [-0.3, -0.25) is 4.79 Å². The fraction of sp³-hybridized carbons (Fsp3) is 0.933. The third-order valence-corrected chi connectivity index (χ3v) is 4.31. The maximum atomic E-state index is 12.4. The number of hydrogen-bond acceptors (Lipinski definition) is 4. The second-order valence-corrected chi connectivity index (χ2v) is 5.98. The van der Waals surface area contributed by atoms with Crippen LogP contribution in [-0.4, -0.2) is 55.9 Å². The van der Waals surface area contributed by atoms with Crippen molar-refractivity contribution in [3.8, 4) is 0 Å². The highest BCUT2D eigenvalue weighted by molar-refractivity contribution is 5.80. The molecule has 2 aliphatic heterocycles. The van der Waals surface area contributed by atoms with E-state index in [1.54, 1.807) is 0 Å². The van der Waals surface area contributed by atoms with Crippen molar-refractivity contribution in [1.82, 2.24) is 4.90 Å². The molecule has 2 rings (SSSR count). The molecule has 2 saturated heterocycles. The molecule has 0 saturated carbocycles. The van der Waals surface area contributed by atoms with E-state index in [1.165, 1.54) is 6.42 Å². The molecule has 0 aliphatic carbocycles. The molecule has 2 N–H and O–H groups in total. The SMILES string of the molecule is CC(OCC1CCCO1)C(=O)N1CCCC(CCN)C1. The van der Waals surface area contributed by atoms with Crippen LogP contribution in [0.1, 0.15) is 39.0 Å². The molecule has 2 aliphatic rings. The molecule has 2 heterocycles. The van der Waals surface area contributed by atoms with Crippen molar-refractivity contribution in [2.45, 2.75) is 51.2 Å². The number of carbonyl (C=O) groups excluding carboxylic acids is 1. The van der Waals surface area contributed by atoms with Crippen molar-refractivity contribution < 1.29 is 14.3 Å². The van der Waals surface area contributed by atoms with Crippen molar-refractivity contribution in [3.63, 3.8) is 0 Å². The standard InChI is InChI=1S/C15H28N2O3/c1-12(20-11-14-5-3-9-19-14)15(18)17-8-2-4-13(10-17)6-7-16/h12-14H,2-11,16H2,1H3. The Morgan fingerprint density at radius 1 is 1.45 bits per heavy atom. The maximum Gasteiger partial charge on any atom is 0.251 e. The molecular weight excluding hydrogens is 256 g/mol. The van der Waals surface area contributed by atoms with Gasteiger partial charge in [-0.05, 0) is 51.5 Å². The van der Waals surface area contributed by atoms with Crippen LogP contribution in [0.15, 0.2) is 0 Å². The zero-order valence-electron chi connectivity index (χ0n) is 12.6. The Morgan fingerprint density at radius 2 is 2.30 bits per heavy atom. The molecule has 0 bridgehead atoms. The van der Waals surface area contributed by atoms with Crippen LogP contribution in [-0.2, 0) is 14.3 Å². The minimum atomic E-state index is -0.365. The number of rotatable bonds is 6. The van der Waals surface area contributed by atoms with Gasteiger partial charge >= 0.3 is 0 Å². The third kappa shape index (κ3) is 4.43. The molecule has 0 aromatic carbocycles. The number of nitrogens with zero attached hydrogens (tertiary/aromatic N) is 1. The van der Waals surface area contributed by atoms with Gasteiger partial charge < -0.3 is 20.1 Å². The lowest BCUT2D eigenvalue weighted by Gasteiger charge is -2.34. The van der Waals surface area contributed by atoms with Gasteiger partial charge in [-0.1, -0.05) is 0 Å². The summed E-state index contributed by atoms with van der Waals surface area (Å²) in [4.78, 5) is 14.3. The van der Waals surface area contributed by atoms with E-state index < -0.39 is 0 Å². The van der Waals surface area contributed by atoms with Gasteiger partial charge in [0.05, 0.1) is 12.7 Å². The predicted octanol–water partition coefficient (Wildman–Crippen LogP) is 1.16. The average Bonchev–Trinajstić information content (AvgIpc) is 2.98. The van der Waals surface area contributed by atoms with Crippen molar-refractivity contribution in [1.29, 1.82) is 0 Å². The number of nitrogens with two attached hydrogens (primary N) is 1. The number of amides is 1. The molecule has 116 valence electrons. The van der Waals surface area contributed by atoms with Crippen LogP contribution in [0.4, 0.5) is 0 Å². The van der Waals surface area contributed by atoms with E-state index >= 15 is 0 Å². The first-order valence-electron chi connectivity index (χ1n) is 7.92. The number of piperidine rings is 1. The second-order valence-electron chi connectivity index (χ2n) is 5.98. The van der Waals surface area contributed by atoms with Crippen molar-refractivity contribution in [2.24, 2.45) is 11.7 Å². The van der Waals surface area contributed by atoms with E-state index in [4.69, 9.17) is 15.2 Å². The van der Waals surface area contributed by atoms with E-state index in [1.807, 2.05) is 11.8 Å². The summed E-state index contributed by atoms with van der Waals surface area (Å²) in [5, 5.41) is 0. The molecule has 0 radical (unpaired) electrons. The summed E-state index contributed by atoms with van der Waals surface area (Å²) in [5.74, 6) is 0.674. The lowest BCUT2D eigenvalue weighted by Crippen LogP contribution is -2.45. The van der Waals surface area contributed by atoms with E-state index in [0.29, 0.717) is 19.1 Å². The molecule has 5 heteroatoms. The van der Waals surface area contributed by atoms with Gasteiger partial charge in [-0.25, -0.2) is 0 Å². The van der Waals surface area contributed by atoms with Crippen LogP contribution < -0.4 is 5.73 Å². The summed E-state index contributed by atoms with van der Waals surface area (Å²) in [6.07, 6.45) is 5.23. The molecule has 5 nitrogen and oxygen atoms in total. The van der Waals surface area contributed by atoms with Crippen molar-refractivity contribution in [2.75, 3.05) is 32.8 Å². The Balaban J connectivity index is 1.73. The third-order valence-electron chi connectivity index (χ3n) is 4.31. The molecule has 3 unspecified atom stereocenters. The summed E-state index contributed by atoms with van der Waals surface area (Å²) >= 11 is 0. The Kier molecular flexibility index (Phi) is 6.26. The summed E-state index contributed by atoms with van der Waals surface area (Å²) in [5.41, 5.74) is 5.62. The Labute approximate surface area is 121 Å². The molecule has 1 amide bonds. The zero-order chi connectivity index (χ0) is 14.4. The molecule has 0 aromatic rings. The highest BCUT2D eigenvalue weighted by atomic mass is 16.5. The zero-order valence-corrected chi connectivity index (χ0v) is 12.6.